The Morgan fingerprint density at radius 2 is 1.74 bits per heavy atom. The van der Waals surface area contributed by atoms with Gasteiger partial charge in [0.25, 0.3) is 0 Å². The molecular formula is C13H16O5S. The molecule has 104 valence electrons. The van der Waals surface area contributed by atoms with Crippen molar-refractivity contribution in [1.29, 1.82) is 0 Å². The van der Waals surface area contributed by atoms with Crippen molar-refractivity contribution in [2.45, 2.75) is 25.5 Å². The smallest absolute Gasteiger partial charge is 0.321 e. The van der Waals surface area contributed by atoms with Crippen LogP contribution in [0.5, 0.6) is 0 Å². The van der Waals surface area contributed by atoms with Gasteiger partial charge in [-0.1, -0.05) is 36.8 Å². The van der Waals surface area contributed by atoms with Crippen molar-refractivity contribution in [2.75, 3.05) is 5.75 Å². The Morgan fingerprint density at radius 1 is 1.21 bits per heavy atom. The number of carboxylic acids is 1. The Kier molecular flexibility index (Phi) is 4.83. The summed E-state index contributed by atoms with van der Waals surface area (Å²) in [5.41, 5.74) is 1.23. The first-order valence-electron chi connectivity index (χ1n) is 5.82. The van der Waals surface area contributed by atoms with Crippen molar-refractivity contribution < 1.29 is 23.1 Å². The molecule has 1 unspecified atom stereocenters. The van der Waals surface area contributed by atoms with Gasteiger partial charge in [-0.25, -0.2) is 8.42 Å². The first kappa shape index (κ1) is 15.4. The maximum absolute atomic E-state index is 11.9. The summed E-state index contributed by atoms with van der Waals surface area (Å²) in [6, 6.07) is 6.48. The van der Waals surface area contributed by atoms with Gasteiger partial charge >= 0.3 is 5.97 Å². The predicted molar refractivity (Wildman–Crippen MR) is 71.0 cm³/mol. The highest BCUT2D eigenvalue weighted by atomic mass is 32.2. The maximum atomic E-state index is 11.9. The Balaban J connectivity index is 2.92. The van der Waals surface area contributed by atoms with Gasteiger partial charge in [-0.05, 0) is 13.3 Å². The predicted octanol–water partition coefficient (Wildman–Crippen LogP) is 1.46. The van der Waals surface area contributed by atoms with Crippen molar-refractivity contribution in [1.82, 2.24) is 0 Å². The molecule has 0 aliphatic carbocycles. The standard InChI is InChI=1S/C13H16O5S/c1-3-12(13(15)16)19(17,18)8-11(14)10-6-4-9(2)5-7-10/h4-7,12H,3,8H2,1-2H3,(H,15,16). The zero-order chi connectivity index (χ0) is 14.6. The minimum Gasteiger partial charge on any atom is -0.480 e. The molecule has 0 aliphatic rings. The largest absolute Gasteiger partial charge is 0.480 e. The molecule has 6 heteroatoms. The van der Waals surface area contributed by atoms with Crippen LogP contribution < -0.4 is 0 Å². The van der Waals surface area contributed by atoms with Gasteiger partial charge in [-0.3, -0.25) is 9.59 Å². The summed E-state index contributed by atoms with van der Waals surface area (Å²) in [6.07, 6.45) is -0.0567. The summed E-state index contributed by atoms with van der Waals surface area (Å²) < 4.78 is 23.7. The van der Waals surface area contributed by atoms with E-state index in [-0.39, 0.29) is 12.0 Å². The fourth-order valence-corrected chi connectivity index (χ4v) is 3.24. The molecule has 0 aromatic heterocycles. The van der Waals surface area contributed by atoms with Gasteiger partial charge < -0.3 is 5.11 Å². The molecule has 0 saturated heterocycles. The summed E-state index contributed by atoms with van der Waals surface area (Å²) in [5, 5.41) is 7.31. The minimum absolute atomic E-state index is 0.0567. The van der Waals surface area contributed by atoms with E-state index in [1.807, 2.05) is 6.92 Å². The Morgan fingerprint density at radius 3 is 2.16 bits per heavy atom. The number of carboxylic acid groups (broad SMARTS) is 1. The monoisotopic (exact) mass is 284 g/mol. The van der Waals surface area contributed by atoms with Crippen LogP contribution in [0.15, 0.2) is 24.3 Å². The molecule has 0 saturated carbocycles. The Hall–Kier alpha value is -1.69. The van der Waals surface area contributed by atoms with Crippen LogP contribution in [0.3, 0.4) is 0 Å². The van der Waals surface area contributed by atoms with Crippen molar-refractivity contribution in [3.05, 3.63) is 35.4 Å². The molecule has 1 atom stereocenters. The highest BCUT2D eigenvalue weighted by molar-refractivity contribution is 7.93. The zero-order valence-corrected chi connectivity index (χ0v) is 11.6. The van der Waals surface area contributed by atoms with Crippen molar-refractivity contribution >= 4 is 21.6 Å². The minimum atomic E-state index is -3.98. The van der Waals surface area contributed by atoms with Crippen LogP contribution in [0.1, 0.15) is 29.3 Å². The number of aliphatic carboxylic acids is 1. The van der Waals surface area contributed by atoms with E-state index in [1.165, 1.54) is 19.1 Å². The number of rotatable bonds is 6. The summed E-state index contributed by atoms with van der Waals surface area (Å²) >= 11 is 0. The van der Waals surface area contributed by atoms with E-state index in [1.54, 1.807) is 12.1 Å². The second kappa shape index (κ2) is 5.97. The SMILES string of the molecule is CCC(C(=O)O)S(=O)(=O)CC(=O)c1ccc(C)cc1. The van der Waals surface area contributed by atoms with E-state index in [2.05, 4.69) is 0 Å². The van der Waals surface area contributed by atoms with E-state index in [0.717, 1.165) is 5.56 Å². The van der Waals surface area contributed by atoms with Gasteiger partial charge in [0.2, 0.25) is 0 Å². The lowest BCUT2D eigenvalue weighted by atomic mass is 10.1. The molecule has 0 aliphatic heterocycles. The van der Waals surface area contributed by atoms with E-state index >= 15 is 0 Å². The molecule has 0 amide bonds. The van der Waals surface area contributed by atoms with E-state index in [4.69, 9.17) is 5.11 Å². The van der Waals surface area contributed by atoms with E-state index in [9.17, 15) is 18.0 Å². The number of carbonyl (C=O) groups is 2. The Labute approximate surface area is 112 Å². The first-order chi connectivity index (χ1) is 8.77. The number of benzene rings is 1. The summed E-state index contributed by atoms with van der Waals surface area (Å²) in [5.74, 6) is -2.78. The van der Waals surface area contributed by atoms with Crippen LogP contribution in [-0.2, 0) is 14.6 Å². The number of sulfone groups is 1. The molecule has 0 radical (unpaired) electrons. The molecule has 1 N–H and O–H groups in total. The molecular weight excluding hydrogens is 268 g/mol. The number of Topliss-reactive ketones (excluding diaryl/α,β-unsaturated/α-hetero) is 1. The van der Waals surface area contributed by atoms with Gasteiger partial charge in [-0.2, -0.15) is 0 Å². The number of aryl methyl sites for hydroxylation is 1. The quantitative estimate of drug-likeness (QED) is 0.799. The topological polar surface area (TPSA) is 88.5 Å². The van der Waals surface area contributed by atoms with Gasteiger partial charge in [-0.15, -0.1) is 0 Å². The fraction of sp³-hybridized carbons (Fsp3) is 0.385. The average Bonchev–Trinajstić information content (AvgIpc) is 2.28. The van der Waals surface area contributed by atoms with Crippen LogP contribution in [-0.4, -0.2) is 36.3 Å². The second-order valence-electron chi connectivity index (χ2n) is 4.33. The third-order valence-corrected chi connectivity index (χ3v) is 4.85. The molecule has 0 heterocycles. The van der Waals surface area contributed by atoms with Gasteiger partial charge in [0, 0.05) is 5.56 Å². The van der Waals surface area contributed by atoms with Gasteiger partial charge in [0.15, 0.2) is 20.9 Å². The number of hydrogen-bond acceptors (Lipinski definition) is 4. The van der Waals surface area contributed by atoms with Crippen LogP contribution in [0, 0.1) is 6.92 Å². The number of carbonyl (C=O) groups excluding carboxylic acids is 1. The maximum Gasteiger partial charge on any atom is 0.321 e. The fourth-order valence-electron chi connectivity index (χ4n) is 1.69. The molecule has 5 nitrogen and oxygen atoms in total. The summed E-state index contributed by atoms with van der Waals surface area (Å²) in [6.45, 7) is 3.31. The molecule has 1 aromatic carbocycles. The summed E-state index contributed by atoms with van der Waals surface area (Å²) in [4.78, 5) is 22.7. The third-order valence-electron chi connectivity index (χ3n) is 2.79. The molecule has 1 rings (SSSR count). The summed E-state index contributed by atoms with van der Waals surface area (Å²) in [7, 11) is -3.98. The average molecular weight is 284 g/mol. The van der Waals surface area contributed by atoms with Crippen LogP contribution >= 0.6 is 0 Å². The molecule has 0 fully saturated rings. The molecule has 19 heavy (non-hydrogen) atoms. The number of hydrogen-bond donors (Lipinski definition) is 1. The molecule has 0 spiro atoms. The normalized spacial score (nSPS) is 12.9. The van der Waals surface area contributed by atoms with Gasteiger partial charge in [0.05, 0.1) is 0 Å². The van der Waals surface area contributed by atoms with Crippen LogP contribution in [0.25, 0.3) is 0 Å². The van der Waals surface area contributed by atoms with Gasteiger partial charge in [0.1, 0.15) is 5.75 Å². The van der Waals surface area contributed by atoms with Crippen molar-refractivity contribution in [2.24, 2.45) is 0 Å². The third kappa shape index (κ3) is 3.89. The number of ketones is 1. The van der Waals surface area contributed by atoms with E-state index in [0.29, 0.717) is 0 Å². The van der Waals surface area contributed by atoms with Crippen molar-refractivity contribution in [3.8, 4) is 0 Å². The van der Waals surface area contributed by atoms with Crippen molar-refractivity contribution in [3.63, 3.8) is 0 Å². The highest BCUT2D eigenvalue weighted by Crippen LogP contribution is 2.11. The van der Waals surface area contributed by atoms with E-state index < -0.39 is 32.6 Å². The molecule has 0 bridgehead atoms. The second-order valence-corrected chi connectivity index (χ2v) is 6.51. The van der Waals surface area contributed by atoms with Crippen LogP contribution in [0.4, 0.5) is 0 Å². The first-order valence-corrected chi connectivity index (χ1v) is 7.53. The molecule has 1 aromatic rings. The lowest BCUT2D eigenvalue weighted by Gasteiger charge is -2.10. The Bertz CT molecular complexity index is 572. The lowest BCUT2D eigenvalue weighted by Crippen LogP contribution is -2.34. The lowest BCUT2D eigenvalue weighted by molar-refractivity contribution is -0.136. The zero-order valence-electron chi connectivity index (χ0n) is 10.8. The highest BCUT2D eigenvalue weighted by Gasteiger charge is 2.32. The van der Waals surface area contributed by atoms with Crippen LogP contribution in [0.2, 0.25) is 0 Å².